The Morgan fingerprint density at radius 3 is 2.53 bits per heavy atom. The van der Waals surface area contributed by atoms with Gasteiger partial charge in [0.1, 0.15) is 0 Å². The minimum absolute atomic E-state index is 0.503. The zero-order valence-electron chi connectivity index (χ0n) is 11.8. The summed E-state index contributed by atoms with van der Waals surface area (Å²) in [5.41, 5.74) is 6.65. The molecule has 100 valence electrons. The van der Waals surface area contributed by atoms with Crippen molar-refractivity contribution in [3.05, 3.63) is 0 Å². The van der Waals surface area contributed by atoms with E-state index in [9.17, 15) is 0 Å². The van der Waals surface area contributed by atoms with Crippen LogP contribution in [0.1, 0.15) is 71.6 Å². The highest BCUT2D eigenvalue weighted by atomic mass is 14.7. The first-order chi connectivity index (χ1) is 8.22. The molecule has 17 heavy (non-hydrogen) atoms. The van der Waals surface area contributed by atoms with Gasteiger partial charge in [-0.25, -0.2) is 0 Å². The van der Waals surface area contributed by atoms with Gasteiger partial charge in [0.05, 0.1) is 0 Å². The molecule has 0 aromatic heterocycles. The van der Waals surface area contributed by atoms with E-state index in [0.29, 0.717) is 6.04 Å². The Balaban J connectivity index is 1.94. The van der Waals surface area contributed by atoms with Gasteiger partial charge in [-0.3, -0.25) is 0 Å². The fraction of sp³-hybridized carbons (Fsp3) is 1.00. The van der Waals surface area contributed by atoms with E-state index < -0.39 is 0 Å². The second-order valence-electron chi connectivity index (χ2n) is 6.73. The van der Waals surface area contributed by atoms with Crippen molar-refractivity contribution < 1.29 is 0 Å². The summed E-state index contributed by atoms with van der Waals surface area (Å²) in [5, 5.41) is 0. The SMILES string of the molecule is CCC1CCCCC1C(N)C1CCCC(C)C1. The van der Waals surface area contributed by atoms with Crippen LogP contribution in [-0.4, -0.2) is 6.04 Å². The van der Waals surface area contributed by atoms with Crippen LogP contribution in [0.15, 0.2) is 0 Å². The Kier molecular flexibility index (Phi) is 4.90. The molecule has 0 aliphatic heterocycles. The monoisotopic (exact) mass is 237 g/mol. The fourth-order valence-corrected chi connectivity index (χ4v) is 4.43. The van der Waals surface area contributed by atoms with Crippen molar-refractivity contribution in [3.63, 3.8) is 0 Å². The topological polar surface area (TPSA) is 26.0 Å². The van der Waals surface area contributed by atoms with E-state index in [-0.39, 0.29) is 0 Å². The molecule has 0 aromatic carbocycles. The molecule has 0 saturated heterocycles. The summed E-state index contributed by atoms with van der Waals surface area (Å²) >= 11 is 0. The van der Waals surface area contributed by atoms with E-state index >= 15 is 0 Å². The molecule has 5 atom stereocenters. The van der Waals surface area contributed by atoms with E-state index in [4.69, 9.17) is 5.73 Å². The van der Waals surface area contributed by atoms with E-state index in [1.54, 1.807) is 0 Å². The summed E-state index contributed by atoms with van der Waals surface area (Å²) in [6, 6.07) is 0.503. The molecule has 1 heteroatoms. The molecule has 2 rings (SSSR count). The van der Waals surface area contributed by atoms with Gasteiger partial charge in [-0.15, -0.1) is 0 Å². The van der Waals surface area contributed by atoms with Crippen molar-refractivity contribution in [2.75, 3.05) is 0 Å². The van der Waals surface area contributed by atoms with Crippen molar-refractivity contribution in [1.29, 1.82) is 0 Å². The minimum atomic E-state index is 0.503. The maximum atomic E-state index is 6.65. The molecule has 0 bridgehead atoms. The molecule has 2 fully saturated rings. The van der Waals surface area contributed by atoms with Gasteiger partial charge in [-0.05, 0) is 42.9 Å². The first-order valence-electron chi connectivity index (χ1n) is 7.98. The third-order valence-electron chi connectivity index (χ3n) is 5.51. The summed E-state index contributed by atoms with van der Waals surface area (Å²) in [6.07, 6.45) is 12.7. The lowest BCUT2D eigenvalue weighted by molar-refractivity contribution is 0.130. The second kappa shape index (κ2) is 6.22. The van der Waals surface area contributed by atoms with Crippen LogP contribution in [0.3, 0.4) is 0 Å². The molecule has 2 N–H and O–H groups in total. The number of hydrogen-bond donors (Lipinski definition) is 1. The van der Waals surface area contributed by atoms with Crippen LogP contribution in [0.5, 0.6) is 0 Å². The number of rotatable bonds is 3. The molecular formula is C16H31N. The van der Waals surface area contributed by atoms with Crippen molar-refractivity contribution in [2.45, 2.75) is 77.7 Å². The Bertz CT molecular complexity index is 226. The molecule has 5 unspecified atom stereocenters. The maximum Gasteiger partial charge on any atom is 0.00983 e. The Morgan fingerprint density at radius 2 is 1.82 bits per heavy atom. The Morgan fingerprint density at radius 1 is 1.06 bits per heavy atom. The Hall–Kier alpha value is -0.0400. The molecule has 0 amide bonds. The molecule has 0 spiro atoms. The van der Waals surface area contributed by atoms with E-state index in [2.05, 4.69) is 13.8 Å². The van der Waals surface area contributed by atoms with Crippen LogP contribution in [0, 0.1) is 23.7 Å². The highest BCUT2D eigenvalue weighted by molar-refractivity contribution is 4.88. The van der Waals surface area contributed by atoms with Crippen LogP contribution in [0.25, 0.3) is 0 Å². The number of nitrogens with two attached hydrogens (primary N) is 1. The highest BCUT2D eigenvalue weighted by Gasteiger charge is 2.34. The third kappa shape index (κ3) is 3.24. The van der Waals surface area contributed by atoms with Crippen molar-refractivity contribution >= 4 is 0 Å². The molecule has 2 aliphatic carbocycles. The van der Waals surface area contributed by atoms with E-state index in [1.807, 2.05) is 0 Å². The largest absolute Gasteiger partial charge is 0.327 e. The lowest BCUT2D eigenvalue weighted by Crippen LogP contribution is -2.43. The molecular weight excluding hydrogens is 206 g/mol. The smallest absolute Gasteiger partial charge is 0.00983 e. The van der Waals surface area contributed by atoms with Crippen molar-refractivity contribution in [1.82, 2.24) is 0 Å². The van der Waals surface area contributed by atoms with Crippen LogP contribution >= 0.6 is 0 Å². The fourth-order valence-electron chi connectivity index (χ4n) is 4.43. The maximum absolute atomic E-state index is 6.65. The van der Waals surface area contributed by atoms with Gasteiger partial charge in [-0.2, -0.15) is 0 Å². The van der Waals surface area contributed by atoms with Crippen LogP contribution in [0.2, 0.25) is 0 Å². The van der Waals surface area contributed by atoms with Crippen LogP contribution in [0.4, 0.5) is 0 Å². The molecule has 1 nitrogen and oxygen atoms in total. The number of hydrogen-bond acceptors (Lipinski definition) is 1. The van der Waals surface area contributed by atoms with Gasteiger partial charge < -0.3 is 5.73 Å². The minimum Gasteiger partial charge on any atom is -0.327 e. The standard InChI is InChI=1S/C16H31N/c1-3-13-8-4-5-10-15(13)16(17)14-9-6-7-12(2)11-14/h12-16H,3-11,17H2,1-2H3. The zero-order valence-corrected chi connectivity index (χ0v) is 11.8. The van der Waals surface area contributed by atoms with E-state index in [1.165, 1.54) is 57.8 Å². The molecule has 2 aliphatic rings. The summed E-state index contributed by atoms with van der Waals surface area (Å²) in [5.74, 6) is 3.51. The first kappa shape index (κ1) is 13.4. The normalized spacial score (nSPS) is 41.1. The quantitative estimate of drug-likeness (QED) is 0.775. The summed E-state index contributed by atoms with van der Waals surface area (Å²) in [7, 11) is 0. The summed E-state index contributed by atoms with van der Waals surface area (Å²) in [6.45, 7) is 4.77. The van der Waals surface area contributed by atoms with E-state index in [0.717, 1.165) is 23.7 Å². The van der Waals surface area contributed by atoms with Gasteiger partial charge in [0, 0.05) is 6.04 Å². The lowest BCUT2D eigenvalue weighted by Gasteiger charge is -2.41. The van der Waals surface area contributed by atoms with Crippen LogP contribution < -0.4 is 5.73 Å². The predicted octanol–water partition coefficient (Wildman–Crippen LogP) is 4.36. The molecule has 0 aromatic rings. The third-order valence-corrected chi connectivity index (χ3v) is 5.51. The lowest BCUT2D eigenvalue weighted by atomic mass is 9.67. The van der Waals surface area contributed by atoms with Gasteiger partial charge in [0.2, 0.25) is 0 Å². The van der Waals surface area contributed by atoms with Crippen molar-refractivity contribution in [3.8, 4) is 0 Å². The summed E-state index contributed by atoms with van der Waals surface area (Å²) in [4.78, 5) is 0. The van der Waals surface area contributed by atoms with Crippen LogP contribution in [-0.2, 0) is 0 Å². The van der Waals surface area contributed by atoms with Gasteiger partial charge >= 0.3 is 0 Å². The average Bonchev–Trinajstić information content (AvgIpc) is 2.38. The molecule has 0 heterocycles. The first-order valence-corrected chi connectivity index (χ1v) is 7.98. The average molecular weight is 237 g/mol. The zero-order chi connectivity index (χ0) is 12.3. The van der Waals surface area contributed by atoms with Gasteiger partial charge in [0.25, 0.3) is 0 Å². The van der Waals surface area contributed by atoms with Crippen molar-refractivity contribution in [2.24, 2.45) is 29.4 Å². The van der Waals surface area contributed by atoms with Gasteiger partial charge in [0.15, 0.2) is 0 Å². The second-order valence-corrected chi connectivity index (χ2v) is 6.73. The predicted molar refractivity (Wildman–Crippen MR) is 74.8 cm³/mol. The van der Waals surface area contributed by atoms with Gasteiger partial charge in [-0.1, -0.05) is 52.4 Å². The molecule has 0 radical (unpaired) electrons. The summed E-state index contributed by atoms with van der Waals surface area (Å²) < 4.78 is 0. The highest BCUT2D eigenvalue weighted by Crippen LogP contribution is 2.40. The molecule has 2 saturated carbocycles. The Labute approximate surface area is 108 Å².